The third-order valence-corrected chi connectivity index (χ3v) is 5.64. The molecule has 0 aliphatic rings. The van der Waals surface area contributed by atoms with Gasteiger partial charge in [-0.3, -0.25) is 4.79 Å². The van der Waals surface area contributed by atoms with Gasteiger partial charge in [-0.25, -0.2) is 4.68 Å². The van der Waals surface area contributed by atoms with E-state index in [0.29, 0.717) is 21.8 Å². The molecule has 0 fully saturated rings. The molecule has 2 heterocycles. The fourth-order valence-corrected chi connectivity index (χ4v) is 3.79. The van der Waals surface area contributed by atoms with Crippen LogP contribution in [0.5, 0.6) is 0 Å². The highest BCUT2D eigenvalue weighted by atomic mass is 35.5. The molecule has 2 aromatic heterocycles. The number of aromatic nitrogens is 5. The number of hydrogen-bond donors (Lipinski definition) is 1. The average Bonchev–Trinajstić information content (AvgIpc) is 3.30. The number of carbonyl (C=O) groups excluding carboxylic acids is 1. The molecular weight excluding hydrogens is 420 g/mol. The van der Waals surface area contributed by atoms with E-state index in [0.717, 1.165) is 16.9 Å². The highest BCUT2D eigenvalue weighted by Gasteiger charge is 2.15. The molecule has 0 saturated carbocycles. The molecule has 1 amide bonds. The summed E-state index contributed by atoms with van der Waals surface area (Å²) in [5, 5.41) is 17.2. The van der Waals surface area contributed by atoms with Crippen molar-refractivity contribution in [2.45, 2.75) is 12.1 Å². The maximum atomic E-state index is 12.6. The van der Waals surface area contributed by atoms with Gasteiger partial charge >= 0.3 is 0 Å². The molecule has 30 heavy (non-hydrogen) atoms. The number of benzene rings is 2. The first-order valence-electron chi connectivity index (χ1n) is 9.21. The normalized spacial score (nSPS) is 10.9. The van der Waals surface area contributed by atoms with Gasteiger partial charge in [0.1, 0.15) is 5.82 Å². The van der Waals surface area contributed by atoms with Crippen LogP contribution in [0.1, 0.15) is 5.69 Å². The smallest absolute Gasteiger partial charge is 0.236 e. The minimum absolute atomic E-state index is 0.145. The van der Waals surface area contributed by atoms with Crippen molar-refractivity contribution in [1.82, 2.24) is 24.5 Å². The third kappa shape index (κ3) is 4.39. The Morgan fingerprint density at radius 2 is 1.83 bits per heavy atom. The van der Waals surface area contributed by atoms with Crippen LogP contribution in [0.3, 0.4) is 0 Å². The lowest BCUT2D eigenvalue weighted by molar-refractivity contribution is -0.113. The van der Waals surface area contributed by atoms with Crippen molar-refractivity contribution in [2.75, 3.05) is 11.1 Å². The highest BCUT2D eigenvalue weighted by molar-refractivity contribution is 7.99. The highest BCUT2D eigenvalue weighted by Crippen LogP contribution is 2.24. The molecule has 0 bridgehead atoms. The van der Waals surface area contributed by atoms with Crippen molar-refractivity contribution >= 4 is 35.1 Å². The van der Waals surface area contributed by atoms with E-state index in [1.165, 1.54) is 11.8 Å². The van der Waals surface area contributed by atoms with Crippen molar-refractivity contribution in [1.29, 1.82) is 0 Å². The first-order chi connectivity index (χ1) is 14.5. The Balaban J connectivity index is 1.44. The lowest BCUT2D eigenvalue weighted by Gasteiger charge is -2.09. The number of aryl methyl sites for hydroxylation is 1. The topological polar surface area (TPSA) is 77.6 Å². The van der Waals surface area contributed by atoms with Crippen molar-refractivity contribution < 1.29 is 4.79 Å². The number of carbonyl (C=O) groups is 1. The predicted octanol–water partition coefficient (Wildman–Crippen LogP) is 4.36. The lowest BCUT2D eigenvalue weighted by Crippen LogP contribution is -2.17. The number of amides is 1. The summed E-state index contributed by atoms with van der Waals surface area (Å²) in [7, 11) is 1.87. The quantitative estimate of drug-likeness (QED) is 0.452. The number of rotatable bonds is 6. The predicted molar refractivity (Wildman–Crippen MR) is 119 cm³/mol. The molecule has 0 atom stereocenters. The Morgan fingerprint density at radius 3 is 2.57 bits per heavy atom. The second-order valence-electron chi connectivity index (χ2n) is 6.63. The molecule has 7 nitrogen and oxygen atoms in total. The summed E-state index contributed by atoms with van der Waals surface area (Å²) in [6.07, 6.45) is 0. The van der Waals surface area contributed by atoms with E-state index < -0.39 is 0 Å². The van der Waals surface area contributed by atoms with Gasteiger partial charge in [0.25, 0.3) is 0 Å². The number of anilines is 1. The number of nitrogens with zero attached hydrogens (tertiary/aromatic N) is 5. The standard InChI is InChI=1S/C21H19ClN6OS/c1-14-12-18(28(26-14)17-6-4-3-5-7-17)23-19(29)13-30-21-25-24-20(27(21)2)15-8-10-16(22)11-9-15/h3-12H,13H2,1-2H3,(H,23,29). The van der Waals surface area contributed by atoms with Crippen LogP contribution in [0.2, 0.25) is 5.02 Å². The van der Waals surface area contributed by atoms with Crippen molar-refractivity contribution in [3.8, 4) is 17.1 Å². The molecular formula is C21H19ClN6OS. The van der Waals surface area contributed by atoms with Gasteiger partial charge in [-0.15, -0.1) is 10.2 Å². The minimum atomic E-state index is -0.145. The molecule has 0 saturated heterocycles. The van der Waals surface area contributed by atoms with E-state index in [9.17, 15) is 4.79 Å². The molecule has 0 aliphatic carbocycles. The zero-order chi connectivity index (χ0) is 21.1. The van der Waals surface area contributed by atoms with Crippen LogP contribution in [0.4, 0.5) is 5.82 Å². The molecule has 1 N–H and O–H groups in total. The van der Waals surface area contributed by atoms with E-state index in [1.54, 1.807) is 4.68 Å². The Labute approximate surface area is 183 Å². The van der Waals surface area contributed by atoms with Crippen molar-refractivity contribution in [2.24, 2.45) is 7.05 Å². The van der Waals surface area contributed by atoms with Gasteiger partial charge in [0, 0.05) is 23.7 Å². The average molecular weight is 439 g/mol. The summed E-state index contributed by atoms with van der Waals surface area (Å²) >= 11 is 7.27. The van der Waals surface area contributed by atoms with Gasteiger partial charge in [0.2, 0.25) is 5.91 Å². The molecule has 4 rings (SSSR count). The summed E-state index contributed by atoms with van der Waals surface area (Å²) < 4.78 is 3.58. The van der Waals surface area contributed by atoms with E-state index in [4.69, 9.17) is 11.6 Å². The number of halogens is 1. The molecule has 2 aromatic carbocycles. The summed E-state index contributed by atoms with van der Waals surface area (Å²) in [5.74, 6) is 1.40. The van der Waals surface area contributed by atoms with Crippen LogP contribution in [-0.2, 0) is 11.8 Å². The monoisotopic (exact) mass is 438 g/mol. The lowest BCUT2D eigenvalue weighted by atomic mass is 10.2. The first-order valence-corrected chi connectivity index (χ1v) is 10.6. The van der Waals surface area contributed by atoms with Crippen LogP contribution < -0.4 is 5.32 Å². The van der Waals surface area contributed by atoms with Gasteiger partial charge in [-0.1, -0.05) is 41.6 Å². The third-order valence-electron chi connectivity index (χ3n) is 4.37. The van der Waals surface area contributed by atoms with Crippen molar-refractivity contribution in [3.63, 3.8) is 0 Å². The second kappa shape index (κ2) is 8.73. The Hall–Kier alpha value is -3.10. The van der Waals surface area contributed by atoms with Gasteiger partial charge in [0.15, 0.2) is 11.0 Å². The molecule has 152 valence electrons. The van der Waals surface area contributed by atoms with Crippen LogP contribution in [0.15, 0.2) is 65.8 Å². The van der Waals surface area contributed by atoms with Crippen molar-refractivity contribution in [3.05, 3.63) is 71.4 Å². The first kappa shape index (κ1) is 20.2. The fraction of sp³-hybridized carbons (Fsp3) is 0.143. The maximum absolute atomic E-state index is 12.6. The SMILES string of the molecule is Cc1cc(NC(=O)CSc2nnc(-c3ccc(Cl)cc3)n2C)n(-c2ccccc2)n1. The van der Waals surface area contributed by atoms with Gasteiger partial charge in [-0.05, 0) is 43.3 Å². The van der Waals surface area contributed by atoms with Gasteiger partial charge < -0.3 is 9.88 Å². The number of nitrogens with one attached hydrogen (secondary N) is 1. The minimum Gasteiger partial charge on any atom is -0.310 e. The van der Waals surface area contributed by atoms with E-state index in [-0.39, 0.29) is 11.7 Å². The zero-order valence-corrected chi connectivity index (χ0v) is 18.0. The zero-order valence-electron chi connectivity index (χ0n) is 16.4. The van der Waals surface area contributed by atoms with Gasteiger partial charge in [-0.2, -0.15) is 5.10 Å². The largest absolute Gasteiger partial charge is 0.310 e. The van der Waals surface area contributed by atoms with Crippen LogP contribution in [0.25, 0.3) is 17.1 Å². The van der Waals surface area contributed by atoms with E-state index >= 15 is 0 Å². The molecule has 4 aromatic rings. The van der Waals surface area contributed by atoms with Crippen LogP contribution in [-0.4, -0.2) is 36.2 Å². The molecule has 0 unspecified atom stereocenters. The number of para-hydroxylation sites is 1. The summed E-state index contributed by atoms with van der Waals surface area (Å²) in [6, 6.07) is 18.9. The fourth-order valence-electron chi connectivity index (χ4n) is 2.95. The molecule has 0 aliphatic heterocycles. The van der Waals surface area contributed by atoms with Crippen LogP contribution in [0, 0.1) is 6.92 Å². The Morgan fingerprint density at radius 1 is 1.10 bits per heavy atom. The maximum Gasteiger partial charge on any atom is 0.236 e. The Bertz CT molecular complexity index is 1170. The molecule has 0 radical (unpaired) electrons. The second-order valence-corrected chi connectivity index (χ2v) is 8.01. The van der Waals surface area contributed by atoms with Gasteiger partial charge in [0.05, 0.1) is 17.1 Å². The van der Waals surface area contributed by atoms with E-state index in [1.807, 2.05) is 79.2 Å². The number of hydrogen-bond acceptors (Lipinski definition) is 5. The van der Waals surface area contributed by atoms with Crippen LogP contribution >= 0.6 is 23.4 Å². The number of thioether (sulfide) groups is 1. The molecule has 0 spiro atoms. The summed E-state index contributed by atoms with van der Waals surface area (Å²) in [6.45, 7) is 1.89. The summed E-state index contributed by atoms with van der Waals surface area (Å²) in [4.78, 5) is 12.6. The van der Waals surface area contributed by atoms with E-state index in [2.05, 4.69) is 20.6 Å². The molecule has 9 heteroatoms. The Kier molecular flexibility index (Phi) is 5.87. The summed E-state index contributed by atoms with van der Waals surface area (Å²) in [5.41, 5.74) is 2.62.